The monoisotopic (exact) mass is 261 g/mol. The average molecular weight is 261 g/mol. The molecule has 0 aliphatic rings. The van der Waals surface area contributed by atoms with Crippen LogP contribution in [0.5, 0.6) is 5.75 Å². The van der Waals surface area contributed by atoms with Crippen LogP contribution in [-0.2, 0) is 13.0 Å². The van der Waals surface area contributed by atoms with Gasteiger partial charge in [-0.2, -0.15) is 4.98 Å². The predicted octanol–water partition coefficient (Wildman–Crippen LogP) is 2.62. The van der Waals surface area contributed by atoms with E-state index in [0.29, 0.717) is 11.7 Å². The molecule has 0 bridgehead atoms. The van der Waals surface area contributed by atoms with Crippen molar-refractivity contribution >= 4 is 0 Å². The fourth-order valence-electron chi connectivity index (χ4n) is 1.77. The van der Waals surface area contributed by atoms with Gasteiger partial charge in [-0.3, -0.25) is 0 Å². The lowest BCUT2D eigenvalue weighted by Gasteiger charge is -2.14. The average Bonchev–Trinajstić information content (AvgIpc) is 2.92. The summed E-state index contributed by atoms with van der Waals surface area (Å²) in [5, 5.41) is 3.85. The lowest BCUT2D eigenvalue weighted by Crippen LogP contribution is -2.11. The van der Waals surface area contributed by atoms with Crippen LogP contribution in [0, 0.1) is 0 Å². The number of ether oxygens (including phenoxy) is 1. The van der Waals surface area contributed by atoms with Crippen molar-refractivity contribution in [2.45, 2.75) is 39.3 Å². The molecule has 19 heavy (non-hydrogen) atoms. The molecule has 102 valence electrons. The second-order valence-electron chi connectivity index (χ2n) is 4.30. The van der Waals surface area contributed by atoms with Crippen molar-refractivity contribution < 1.29 is 9.26 Å². The maximum absolute atomic E-state index is 6.06. The Morgan fingerprint density at radius 3 is 2.79 bits per heavy atom. The van der Waals surface area contributed by atoms with Crippen LogP contribution in [0.2, 0.25) is 0 Å². The molecule has 1 aromatic heterocycles. The van der Waals surface area contributed by atoms with E-state index in [1.807, 2.05) is 38.1 Å². The van der Waals surface area contributed by atoms with Crippen LogP contribution in [0.25, 0.3) is 0 Å². The molecule has 0 saturated heterocycles. The zero-order valence-electron chi connectivity index (χ0n) is 11.3. The molecule has 1 atom stereocenters. The van der Waals surface area contributed by atoms with Crippen LogP contribution in [0.1, 0.15) is 43.6 Å². The smallest absolute Gasteiger partial charge is 0.226 e. The number of hydrogen-bond acceptors (Lipinski definition) is 5. The first-order chi connectivity index (χ1) is 9.24. The van der Waals surface area contributed by atoms with E-state index >= 15 is 0 Å². The molecule has 0 saturated carbocycles. The van der Waals surface area contributed by atoms with Crippen LogP contribution in [0.4, 0.5) is 0 Å². The van der Waals surface area contributed by atoms with E-state index in [9.17, 15) is 0 Å². The maximum Gasteiger partial charge on any atom is 0.226 e. The highest BCUT2D eigenvalue weighted by Crippen LogP contribution is 2.25. The Labute approximate surface area is 112 Å². The topological polar surface area (TPSA) is 74.2 Å². The molecule has 5 heteroatoms. The molecule has 1 heterocycles. The molecule has 0 aliphatic carbocycles. The molecule has 2 N–H and O–H groups in total. The third-order valence-electron chi connectivity index (χ3n) is 2.93. The van der Waals surface area contributed by atoms with Crippen LogP contribution in [-0.4, -0.2) is 10.1 Å². The first-order valence-corrected chi connectivity index (χ1v) is 6.53. The summed E-state index contributed by atoms with van der Waals surface area (Å²) >= 11 is 0. The number of para-hydroxylation sites is 1. The van der Waals surface area contributed by atoms with Gasteiger partial charge in [0.2, 0.25) is 11.7 Å². The van der Waals surface area contributed by atoms with E-state index in [1.54, 1.807) is 0 Å². The Balaban J connectivity index is 2.06. The summed E-state index contributed by atoms with van der Waals surface area (Å²) in [5.74, 6) is 1.95. The normalized spacial score (nSPS) is 12.4. The van der Waals surface area contributed by atoms with E-state index in [0.717, 1.165) is 24.2 Å². The van der Waals surface area contributed by atoms with Crippen LogP contribution in [0.15, 0.2) is 28.8 Å². The van der Waals surface area contributed by atoms with E-state index in [-0.39, 0.29) is 12.6 Å². The molecule has 0 fully saturated rings. The van der Waals surface area contributed by atoms with Gasteiger partial charge in [0.1, 0.15) is 5.75 Å². The zero-order chi connectivity index (χ0) is 13.7. The molecule has 1 unspecified atom stereocenters. The standard InChI is InChI=1S/C14H19N3O2/c1-3-11(15)10-7-5-6-8-12(10)18-9-13-16-14(4-2)19-17-13/h5-8,11H,3-4,9,15H2,1-2H3. The molecule has 2 aromatic rings. The minimum Gasteiger partial charge on any atom is -0.485 e. The second-order valence-corrected chi connectivity index (χ2v) is 4.30. The fourth-order valence-corrected chi connectivity index (χ4v) is 1.77. The SMILES string of the molecule is CCc1nc(COc2ccccc2C(N)CC)no1. The van der Waals surface area contributed by atoms with Gasteiger partial charge in [0.25, 0.3) is 0 Å². The molecule has 0 spiro atoms. The van der Waals surface area contributed by atoms with Crippen molar-refractivity contribution in [2.24, 2.45) is 5.73 Å². The Hall–Kier alpha value is -1.88. The summed E-state index contributed by atoms with van der Waals surface area (Å²) in [6, 6.07) is 7.76. The number of nitrogens with zero attached hydrogens (tertiary/aromatic N) is 2. The number of aryl methyl sites for hydroxylation is 1. The minimum absolute atomic E-state index is 0.0207. The number of aromatic nitrogens is 2. The van der Waals surface area contributed by atoms with Gasteiger partial charge >= 0.3 is 0 Å². The Morgan fingerprint density at radius 2 is 2.11 bits per heavy atom. The van der Waals surface area contributed by atoms with E-state index in [2.05, 4.69) is 10.1 Å². The van der Waals surface area contributed by atoms with Crippen molar-refractivity contribution in [1.29, 1.82) is 0 Å². The van der Waals surface area contributed by atoms with Crippen molar-refractivity contribution in [3.05, 3.63) is 41.5 Å². The largest absolute Gasteiger partial charge is 0.485 e. The van der Waals surface area contributed by atoms with Gasteiger partial charge in [-0.15, -0.1) is 0 Å². The third kappa shape index (κ3) is 3.32. The van der Waals surface area contributed by atoms with Gasteiger partial charge < -0.3 is 15.0 Å². The van der Waals surface area contributed by atoms with Gasteiger partial charge in [-0.1, -0.05) is 37.2 Å². The highest BCUT2D eigenvalue weighted by atomic mass is 16.5. The third-order valence-corrected chi connectivity index (χ3v) is 2.93. The van der Waals surface area contributed by atoms with E-state index < -0.39 is 0 Å². The molecule has 0 amide bonds. The van der Waals surface area contributed by atoms with Crippen molar-refractivity contribution in [3.8, 4) is 5.75 Å². The zero-order valence-corrected chi connectivity index (χ0v) is 11.3. The Bertz CT molecular complexity index is 525. The summed E-state index contributed by atoms with van der Waals surface area (Å²) < 4.78 is 10.8. The van der Waals surface area contributed by atoms with Crippen LogP contribution in [0.3, 0.4) is 0 Å². The van der Waals surface area contributed by atoms with Crippen molar-refractivity contribution in [3.63, 3.8) is 0 Å². The van der Waals surface area contributed by atoms with Gasteiger partial charge in [-0.25, -0.2) is 0 Å². The maximum atomic E-state index is 6.06. The number of hydrogen-bond donors (Lipinski definition) is 1. The second kappa shape index (κ2) is 6.33. The number of benzene rings is 1. The van der Waals surface area contributed by atoms with Crippen LogP contribution < -0.4 is 10.5 Å². The summed E-state index contributed by atoms with van der Waals surface area (Å²) in [4.78, 5) is 4.20. The summed E-state index contributed by atoms with van der Waals surface area (Å²) in [5.41, 5.74) is 7.06. The number of rotatable bonds is 6. The first-order valence-electron chi connectivity index (χ1n) is 6.53. The molecule has 5 nitrogen and oxygen atoms in total. The summed E-state index contributed by atoms with van der Waals surface area (Å²) in [6.07, 6.45) is 1.59. The predicted molar refractivity (Wildman–Crippen MR) is 71.7 cm³/mol. The molecule has 2 rings (SSSR count). The Morgan fingerprint density at radius 1 is 1.32 bits per heavy atom. The lowest BCUT2D eigenvalue weighted by atomic mass is 10.0. The molecule has 0 radical (unpaired) electrons. The highest BCUT2D eigenvalue weighted by molar-refractivity contribution is 5.35. The number of nitrogens with two attached hydrogens (primary N) is 1. The highest BCUT2D eigenvalue weighted by Gasteiger charge is 2.11. The Kier molecular flexibility index (Phi) is 4.52. The first kappa shape index (κ1) is 13.5. The quantitative estimate of drug-likeness (QED) is 0.865. The van der Waals surface area contributed by atoms with E-state index in [1.165, 1.54) is 0 Å². The van der Waals surface area contributed by atoms with Gasteiger partial charge in [-0.05, 0) is 12.5 Å². The van der Waals surface area contributed by atoms with Gasteiger partial charge in [0.15, 0.2) is 6.61 Å². The molecule has 1 aromatic carbocycles. The van der Waals surface area contributed by atoms with Gasteiger partial charge in [0, 0.05) is 18.0 Å². The lowest BCUT2D eigenvalue weighted by molar-refractivity contribution is 0.281. The minimum atomic E-state index is -0.0207. The van der Waals surface area contributed by atoms with Crippen molar-refractivity contribution in [1.82, 2.24) is 10.1 Å². The fraction of sp³-hybridized carbons (Fsp3) is 0.429. The summed E-state index contributed by atoms with van der Waals surface area (Å²) in [6.45, 7) is 4.30. The molecular formula is C14H19N3O2. The molecule has 0 aliphatic heterocycles. The van der Waals surface area contributed by atoms with Gasteiger partial charge in [0.05, 0.1) is 0 Å². The molecular weight excluding hydrogens is 242 g/mol. The summed E-state index contributed by atoms with van der Waals surface area (Å²) in [7, 11) is 0. The van der Waals surface area contributed by atoms with E-state index in [4.69, 9.17) is 15.0 Å². The van der Waals surface area contributed by atoms with Crippen molar-refractivity contribution in [2.75, 3.05) is 0 Å². The van der Waals surface area contributed by atoms with Crippen LogP contribution >= 0.6 is 0 Å².